The number of sulfonamides is 1. The van der Waals surface area contributed by atoms with Gasteiger partial charge < -0.3 is 15.5 Å². The minimum atomic E-state index is -4.64. The molecule has 36 heavy (non-hydrogen) atoms. The highest BCUT2D eigenvalue weighted by Gasteiger charge is 2.49. The number of hydrogen-bond donors (Lipinski definition) is 2. The molecule has 4 heterocycles. The second kappa shape index (κ2) is 9.90. The number of anilines is 2. The fourth-order valence-electron chi connectivity index (χ4n) is 4.03. The molecule has 4 rings (SSSR count). The maximum Gasteiger partial charge on any atom is 0.410 e. The van der Waals surface area contributed by atoms with Gasteiger partial charge in [0.05, 0.1) is 5.75 Å². The Morgan fingerprint density at radius 2 is 1.92 bits per heavy atom. The number of aryl methyl sites for hydroxylation is 1. The maximum absolute atomic E-state index is 14.0. The van der Waals surface area contributed by atoms with Gasteiger partial charge in [-0.05, 0) is 55.3 Å². The summed E-state index contributed by atoms with van der Waals surface area (Å²) in [5.74, 6) is 1.59. The van der Waals surface area contributed by atoms with Crippen LogP contribution in [0.4, 0.5) is 24.8 Å². The summed E-state index contributed by atoms with van der Waals surface area (Å²) in [6, 6.07) is 3.18. The summed E-state index contributed by atoms with van der Waals surface area (Å²) >= 11 is 0. The lowest BCUT2D eigenvalue weighted by Crippen LogP contribution is -2.60. The van der Waals surface area contributed by atoms with Gasteiger partial charge in [-0.2, -0.15) is 17.5 Å². The van der Waals surface area contributed by atoms with Crippen molar-refractivity contribution in [3.05, 3.63) is 72.2 Å². The number of nitrogens with zero attached hydrogens (tertiary/aromatic N) is 5. The summed E-state index contributed by atoms with van der Waals surface area (Å²) in [6.07, 6.45) is 1.88. The van der Waals surface area contributed by atoms with E-state index in [2.05, 4.69) is 32.2 Å². The number of aromatic nitrogens is 3. The van der Waals surface area contributed by atoms with Gasteiger partial charge in [-0.25, -0.2) is 23.4 Å². The predicted octanol–water partition coefficient (Wildman–Crippen LogP) is 3.16. The first-order valence-electron chi connectivity index (χ1n) is 11.2. The molecule has 2 aliphatic rings. The van der Waals surface area contributed by atoms with Crippen LogP contribution < -0.4 is 10.6 Å². The smallest absolute Gasteiger partial charge is 0.344 e. The van der Waals surface area contributed by atoms with Crippen molar-refractivity contribution in [2.24, 2.45) is 0 Å². The quantitative estimate of drug-likeness (QED) is 0.598. The lowest BCUT2D eigenvalue weighted by Gasteiger charge is -2.44. The second-order valence-corrected chi connectivity index (χ2v) is 10.6. The van der Waals surface area contributed by atoms with Crippen molar-refractivity contribution in [1.29, 1.82) is 0 Å². The van der Waals surface area contributed by atoms with E-state index in [1.165, 1.54) is 6.92 Å². The van der Waals surface area contributed by atoms with Crippen molar-refractivity contribution in [2.75, 3.05) is 30.7 Å². The van der Waals surface area contributed by atoms with E-state index in [1.54, 1.807) is 49.7 Å². The van der Waals surface area contributed by atoms with Crippen LogP contribution in [0.1, 0.15) is 18.3 Å². The lowest BCUT2D eigenvalue weighted by molar-refractivity contribution is -0.187. The summed E-state index contributed by atoms with van der Waals surface area (Å²) in [5, 5.41) is 6.01. The Labute approximate surface area is 207 Å². The van der Waals surface area contributed by atoms with Crippen LogP contribution in [0.25, 0.3) is 5.57 Å². The van der Waals surface area contributed by atoms with Gasteiger partial charge in [0.1, 0.15) is 29.3 Å². The normalized spacial score (nSPS) is 19.4. The first-order chi connectivity index (χ1) is 17.0. The Morgan fingerprint density at radius 1 is 1.17 bits per heavy atom. The molecule has 2 N–H and O–H groups in total. The molecule has 2 aliphatic heterocycles. The van der Waals surface area contributed by atoms with Crippen molar-refractivity contribution >= 4 is 27.2 Å². The first kappa shape index (κ1) is 25.6. The van der Waals surface area contributed by atoms with Gasteiger partial charge >= 0.3 is 6.18 Å². The number of dihydropyridines is 1. The lowest BCUT2D eigenvalue weighted by atomic mass is 10.0. The van der Waals surface area contributed by atoms with Crippen molar-refractivity contribution in [2.45, 2.75) is 26.1 Å². The van der Waals surface area contributed by atoms with Gasteiger partial charge in [0, 0.05) is 37.7 Å². The number of pyridine rings is 1. The number of rotatable bonds is 6. The molecule has 0 aliphatic carbocycles. The van der Waals surface area contributed by atoms with E-state index in [1.807, 2.05) is 0 Å². The number of halogens is 3. The van der Waals surface area contributed by atoms with Gasteiger partial charge in [-0.1, -0.05) is 6.58 Å². The fourth-order valence-corrected chi connectivity index (χ4v) is 5.13. The van der Waals surface area contributed by atoms with Gasteiger partial charge in [0.15, 0.2) is 0 Å². The monoisotopic (exact) mass is 521 g/mol. The first-order valence-corrected chi connectivity index (χ1v) is 12.8. The molecule has 1 atom stereocenters. The van der Waals surface area contributed by atoms with Gasteiger partial charge in [0.25, 0.3) is 0 Å². The number of piperazine rings is 1. The Morgan fingerprint density at radius 3 is 2.61 bits per heavy atom. The summed E-state index contributed by atoms with van der Waals surface area (Å²) in [4.78, 5) is 13.8. The van der Waals surface area contributed by atoms with E-state index >= 15 is 0 Å². The van der Waals surface area contributed by atoms with Crippen LogP contribution in [0.15, 0.2) is 60.8 Å². The highest BCUT2D eigenvalue weighted by Crippen LogP contribution is 2.33. The van der Waals surface area contributed by atoms with Crippen molar-refractivity contribution < 1.29 is 21.6 Å². The van der Waals surface area contributed by atoms with E-state index in [0.717, 1.165) is 9.21 Å². The Bertz CT molecular complexity index is 1320. The molecule has 9 nitrogen and oxygen atoms in total. The molecular formula is C23H26F3N7O2S. The van der Waals surface area contributed by atoms with E-state index in [-0.39, 0.29) is 24.7 Å². The highest BCUT2D eigenvalue weighted by atomic mass is 32.2. The number of hydrogen-bond acceptors (Lipinski definition) is 8. The van der Waals surface area contributed by atoms with E-state index in [9.17, 15) is 21.6 Å². The molecule has 0 amide bonds. The second-order valence-electron chi connectivity index (χ2n) is 8.33. The molecule has 0 bridgehead atoms. The van der Waals surface area contributed by atoms with Crippen LogP contribution in [-0.4, -0.2) is 70.2 Å². The number of allylic oxidation sites excluding steroid dienone is 3. The topological polar surface area (TPSA) is 103 Å². The SMILES string of the molecule is C=C1C=C(c2ccnc(Nc3ccnc(C)n3)c2)C=C(N2CCN(S(=O)(=O)CC)CC2C(F)(F)F)N1. The zero-order valence-corrected chi connectivity index (χ0v) is 20.6. The Hall–Kier alpha value is -3.45. The van der Waals surface area contributed by atoms with Crippen LogP contribution in [0, 0.1) is 6.92 Å². The van der Waals surface area contributed by atoms with Crippen molar-refractivity contribution in [3.8, 4) is 0 Å². The molecule has 0 aromatic carbocycles. The van der Waals surface area contributed by atoms with Crippen LogP contribution >= 0.6 is 0 Å². The molecule has 2 aromatic rings. The number of alkyl halides is 3. The Balaban J connectivity index is 1.62. The Kier molecular flexibility index (Phi) is 7.05. The van der Waals surface area contributed by atoms with Gasteiger partial charge in [-0.15, -0.1) is 0 Å². The van der Waals surface area contributed by atoms with E-state index in [0.29, 0.717) is 34.3 Å². The van der Waals surface area contributed by atoms with Crippen molar-refractivity contribution in [1.82, 2.24) is 29.5 Å². The average Bonchev–Trinajstić information content (AvgIpc) is 2.83. The molecule has 0 spiro atoms. The molecule has 192 valence electrons. The summed E-state index contributed by atoms with van der Waals surface area (Å²) in [5.41, 5.74) is 1.74. The standard InChI is InChI=1S/C23H26F3N7O2S/c1-4-36(34,35)32-9-10-33(19(14-32)23(24,25)26)22-13-18(11-15(2)29-22)17-5-7-28-21(12-17)31-20-6-8-27-16(3)30-20/h5-8,11-13,19,29H,2,4,9-10,14H2,1,3H3,(H,27,28,30,31). The van der Waals surface area contributed by atoms with Crippen LogP contribution in [-0.2, 0) is 10.0 Å². The third-order valence-corrected chi connectivity index (χ3v) is 7.67. The average molecular weight is 522 g/mol. The third kappa shape index (κ3) is 5.68. The molecule has 0 saturated carbocycles. The minimum Gasteiger partial charge on any atom is -0.344 e. The van der Waals surface area contributed by atoms with Crippen LogP contribution in [0.2, 0.25) is 0 Å². The van der Waals surface area contributed by atoms with E-state index < -0.39 is 28.8 Å². The zero-order chi connectivity index (χ0) is 26.1. The minimum absolute atomic E-state index is 0.0467. The molecule has 13 heteroatoms. The summed E-state index contributed by atoms with van der Waals surface area (Å²) in [7, 11) is -3.75. The fraction of sp³-hybridized carbons (Fsp3) is 0.348. The molecular weight excluding hydrogens is 495 g/mol. The largest absolute Gasteiger partial charge is 0.410 e. The van der Waals surface area contributed by atoms with Crippen molar-refractivity contribution in [3.63, 3.8) is 0 Å². The maximum atomic E-state index is 14.0. The summed E-state index contributed by atoms with van der Waals surface area (Å²) < 4.78 is 67.5. The summed E-state index contributed by atoms with van der Waals surface area (Å²) in [6.45, 7) is 6.23. The highest BCUT2D eigenvalue weighted by molar-refractivity contribution is 7.89. The van der Waals surface area contributed by atoms with Gasteiger partial charge in [-0.3, -0.25) is 0 Å². The predicted molar refractivity (Wildman–Crippen MR) is 130 cm³/mol. The number of nitrogens with one attached hydrogen (secondary N) is 2. The molecule has 1 fully saturated rings. The van der Waals surface area contributed by atoms with E-state index in [4.69, 9.17) is 0 Å². The van der Waals surface area contributed by atoms with Gasteiger partial charge in [0.2, 0.25) is 10.0 Å². The molecule has 1 saturated heterocycles. The molecule has 1 unspecified atom stereocenters. The zero-order valence-electron chi connectivity index (χ0n) is 19.7. The van der Waals surface area contributed by atoms with Crippen LogP contribution in [0.3, 0.4) is 0 Å². The third-order valence-electron chi connectivity index (χ3n) is 5.82. The molecule has 0 radical (unpaired) electrons. The molecule has 2 aromatic heterocycles. The van der Waals surface area contributed by atoms with Crippen LogP contribution in [0.5, 0.6) is 0 Å².